The minimum Gasteiger partial charge on any atom is -0.349 e. The van der Waals surface area contributed by atoms with Crippen molar-refractivity contribution in [1.29, 1.82) is 0 Å². The maximum atomic E-state index is 12.3. The first-order valence-electron chi connectivity index (χ1n) is 8.64. The lowest BCUT2D eigenvalue weighted by Crippen LogP contribution is -2.28. The van der Waals surface area contributed by atoms with Crippen LogP contribution in [0.5, 0.6) is 0 Å². The zero-order chi connectivity index (χ0) is 18.5. The number of carbonyl (C=O) groups excluding carboxylic acids is 1. The highest BCUT2D eigenvalue weighted by Gasteiger charge is 2.13. The molecule has 26 heavy (non-hydrogen) atoms. The Morgan fingerprint density at radius 1 is 1.27 bits per heavy atom. The number of aromatic nitrogens is 3. The first-order valence-corrected chi connectivity index (χ1v) is 9.63. The van der Waals surface area contributed by atoms with E-state index in [2.05, 4.69) is 39.8 Å². The van der Waals surface area contributed by atoms with Crippen LogP contribution in [0.3, 0.4) is 0 Å². The van der Waals surface area contributed by atoms with Crippen LogP contribution in [0.15, 0.2) is 52.4 Å². The van der Waals surface area contributed by atoms with Gasteiger partial charge in [-0.15, -0.1) is 5.10 Å². The molecule has 0 spiro atoms. The number of amides is 1. The standard InChI is InChI=1S/C19H22N4O2S/c1-3-10-23-18(25)21-22-19(23)26-12-17(24)20-13(2)15-9-8-14-6-4-5-7-16(14)11-15/h4-9,11,13H,3,10,12H2,1-2H3,(H,20,24)(H,21,25)/t13-/m0/s1. The van der Waals surface area contributed by atoms with Crippen molar-refractivity contribution >= 4 is 28.4 Å². The third-order valence-corrected chi connectivity index (χ3v) is 5.13. The summed E-state index contributed by atoms with van der Waals surface area (Å²) in [6, 6.07) is 14.3. The third kappa shape index (κ3) is 4.16. The van der Waals surface area contributed by atoms with Gasteiger partial charge in [-0.2, -0.15) is 0 Å². The molecule has 2 N–H and O–H groups in total. The summed E-state index contributed by atoms with van der Waals surface area (Å²) in [5, 5.41) is 12.3. The summed E-state index contributed by atoms with van der Waals surface area (Å²) in [4.78, 5) is 24.0. The van der Waals surface area contributed by atoms with E-state index in [9.17, 15) is 9.59 Å². The maximum Gasteiger partial charge on any atom is 0.343 e. The molecule has 0 radical (unpaired) electrons. The summed E-state index contributed by atoms with van der Waals surface area (Å²) in [5.74, 6) is 0.125. The molecule has 6 nitrogen and oxygen atoms in total. The van der Waals surface area contributed by atoms with Gasteiger partial charge in [-0.25, -0.2) is 9.89 Å². The molecule has 0 aliphatic rings. The number of hydrogen-bond donors (Lipinski definition) is 2. The van der Waals surface area contributed by atoms with Crippen molar-refractivity contribution in [3.05, 3.63) is 58.5 Å². The molecule has 0 saturated carbocycles. The number of nitrogens with zero attached hydrogens (tertiary/aromatic N) is 2. The average molecular weight is 370 g/mol. The molecule has 1 amide bonds. The van der Waals surface area contributed by atoms with Gasteiger partial charge in [0.2, 0.25) is 5.91 Å². The highest BCUT2D eigenvalue weighted by atomic mass is 32.2. The quantitative estimate of drug-likeness (QED) is 0.626. The lowest BCUT2D eigenvalue weighted by Gasteiger charge is -2.15. The Hall–Kier alpha value is -2.54. The molecule has 3 aromatic rings. The Bertz CT molecular complexity index is 963. The molecule has 1 heterocycles. The molecule has 136 valence electrons. The van der Waals surface area contributed by atoms with Crippen molar-refractivity contribution < 1.29 is 4.79 Å². The van der Waals surface area contributed by atoms with Crippen LogP contribution in [-0.2, 0) is 11.3 Å². The Labute approximate surface area is 156 Å². The van der Waals surface area contributed by atoms with E-state index in [-0.39, 0.29) is 23.4 Å². The topological polar surface area (TPSA) is 79.8 Å². The molecular formula is C19H22N4O2S. The lowest BCUT2D eigenvalue weighted by atomic mass is 10.0. The maximum absolute atomic E-state index is 12.3. The zero-order valence-electron chi connectivity index (χ0n) is 14.9. The Morgan fingerprint density at radius 2 is 2.04 bits per heavy atom. The predicted octanol–water partition coefficient (Wildman–Crippen LogP) is 3.10. The van der Waals surface area contributed by atoms with E-state index in [4.69, 9.17) is 0 Å². The largest absolute Gasteiger partial charge is 0.349 e. The van der Waals surface area contributed by atoms with Crippen LogP contribution in [0.2, 0.25) is 0 Å². The van der Waals surface area contributed by atoms with E-state index >= 15 is 0 Å². The molecule has 1 atom stereocenters. The Balaban J connectivity index is 1.61. The molecule has 0 unspecified atom stereocenters. The minimum absolute atomic E-state index is 0.0887. The van der Waals surface area contributed by atoms with Crippen molar-refractivity contribution in [1.82, 2.24) is 20.1 Å². The lowest BCUT2D eigenvalue weighted by molar-refractivity contribution is -0.119. The highest BCUT2D eigenvalue weighted by Crippen LogP contribution is 2.20. The highest BCUT2D eigenvalue weighted by molar-refractivity contribution is 7.99. The average Bonchev–Trinajstić information content (AvgIpc) is 3.00. The van der Waals surface area contributed by atoms with Gasteiger partial charge in [-0.3, -0.25) is 9.36 Å². The predicted molar refractivity (Wildman–Crippen MR) is 104 cm³/mol. The molecule has 3 rings (SSSR count). The fraction of sp³-hybridized carbons (Fsp3) is 0.316. The van der Waals surface area contributed by atoms with Crippen molar-refractivity contribution in [2.45, 2.75) is 38.0 Å². The Kier molecular flexibility index (Phi) is 5.78. The van der Waals surface area contributed by atoms with E-state index in [1.165, 1.54) is 17.1 Å². The monoisotopic (exact) mass is 370 g/mol. The summed E-state index contributed by atoms with van der Waals surface area (Å²) < 4.78 is 1.56. The van der Waals surface area contributed by atoms with Crippen LogP contribution in [0.4, 0.5) is 0 Å². The normalized spacial score (nSPS) is 12.2. The van der Waals surface area contributed by atoms with Crippen LogP contribution < -0.4 is 11.0 Å². The van der Waals surface area contributed by atoms with Crippen LogP contribution >= 0.6 is 11.8 Å². The van der Waals surface area contributed by atoms with Crippen molar-refractivity contribution in [2.75, 3.05) is 5.75 Å². The van der Waals surface area contributed by atoms with E-state index in [1.807, 2.05) is 32.0 Å². The fourth-order valence-electron chi connectivity index (χ4n) is 2.81. The molecule has 2 aromatic carbocycles. The van der Waals surface area contributed by atoms with Gasteiger partial charge in [0, 0.05) is 6.54 Å². The van der Waals surface area contributed by atoms with Gasteiger partial charge < -0.3 is 5.32 Å². The number of rotatable bonds is 7. The fourth-order valence-corrected chi connectivity index (χ4v) is 3.59. The molecule has 0 fully saturated rings. The number of carbonyl (C=O) groups is 1. The Morgan fingerprint density at radius 3 is 2.81 bits per heavy atom. The van der Waals surface area contributed by atoms with E-state index in [0.29, 0.717) is 11.7 Å². The zero-order valence-corrected chi connectivity index (χ0v) is 15.7. The number of aromatic amines is 1. The molecular weight excluding hydrogens is 348 g/mol. The summed E-state index contributed by atoms with van der Waals surface area (Å²) in [6.07, 6.45) is 0.832. The van der Waals surface area contributed by atoms with Crippen LogP contribution in [-0.4, -0.2) is 26.4 Å². The summed E-state index contributed by atoms with van der Waals surface area (Å²) >= 11 is 1.26. The second kappa shape index (κ2) is 8.23. The molecule has 0 aliphatic heterocycles. The summed E-state index contributed by atoms with van der Waals surface area (Å²) in [6.45, 7) is 4.55. The van der Waals surface area contributed by atoms with Crippen LogP contribution in [0, 0.1) is 0 Å². The number of hydrogen-bond acceptors (Lipinski definition) is 4. The van der Waals surface area contributed by atoms with Gasteiger partial charge in [0.15, 0.2) is 5.16 Å². The first kappa shape index (κ1) is 18.3. The van der Waals surface area contributed by atoms with Gasteiger partial charge in [0.05, 0.1) is 11.8 Å². The SMILES string of the molecule is CCCn1c(SCC(=O)N[C@@H](C)c2ccc3ccccc3c2)n[nH]c1=O. The number of benzene rings is 2. The molecule has 7 heteroatoms. The van der Waals surface area contributed by atoms with Crippen LogP contribution in [0.1, 0.15) is 31.9 Å². The van der Waals surface area contributed by atoms with Crippen LogP contribution in [0.25, 0.3) is 10.8 Å². The molecule has 0 saturated heterocycles. The summed E-state index contributed by atoms with van der Waals surface area (Å²) in [7, 11) is 0. The van der Waals surface area contributed by atoms with E-state index in [1.54, 1.807) is 4.57 Å². The molecule has 0 aliphatic carbocycles. The number of thioether (sulfide) groups is 1. The smallest absolute Gasteiger partial charge is 0.343 e. The minimum atomic E-state index is -0.237. The second-order valence-corrected chi connectivity index (χ2v) is 7.09. The van der Waals surface area contributed by atoms with Crippen molar-refractivity contribution in [3.63, 3.8) is 0 Å². The summed E-state index contributed by atoms with van der Waals surface area (Å²) in [5.41, 5.74) is 0.823. The number of fused-ring (bicyclic) bond motifs is 1. The van der Waals surface area contributed by atoms with Crippen molar-refractivity contribution in [2.24, 2.45) is 0 Å². The third-order valence-electron chi connectivity index (χ3n) is 4.15. The first-order chi connectivity index (χ1) is 12.6. The van der Waals surface area contributed by atoms with Crippen molar-refractivity contribution in [3.8, 4) is 0 Å². The van der Waals surface area contributed by atoms with Gasteiger partial charge in [0.25, 0.3) is 0 Å². The van der Waals surface area contributed by atoms with Gasteiger partial charge >= 0.3 is 5.69 Å². The second-order valence-electron chi connectivity index (χ2n) is 6.15. The molecule has 1 aromatic heterocycles. The van der Waals surface area contributed by atoms with Gasteiger partial charge in [-0.1, -0.05) is 55.1 Å². The number of H-pyrrole nitrogens is 1. The van der Waals surface area contributed by atoms with E-state index < -0.39 is 0 Å². The van der Waals surface area contributed by atoms with Gasteiger partial charge in [0.1, 0.15) is 0 Å². The van der Waals surface area contributed by atoms with E-state index in [0.717, 1.165) is 17.4 Å². The molecule has 0 bridgehead atoms. The number of nitrogens with one attached hydrogen (secondary N) is 2. The van der Waals surface area contributed by atoms with Gasteiger partial charge in [-0.05, 0) is 35.7 Å².